The standard InChI is InChI=1S/C19H21N5O5S/c1-24-15-9-4-3-6-13(15)11-20-16(18(24)26)22-19(27)21-14-8-5-7-12(10-14)17(25)23-30(2,28)29/h3-10,16,20H,11H2,1-2H3,(H,23,25)(H2,21,22,27). The molecule has 4 amide bonds. The molecule has 0 fully saturated rings. The first-order chi connectivity index (χ1) is 14.1. The number of rotatable bonds is 4. The van der Waals surface area contributed by atoms with Crippen LogP contribution in [-0.4, -0.2) is 45.7 Å². The summed E-state index contributed by atoms with van der Waals surface area (Å²) < 4.78 is 24.3. The van der Waals surface area contributed by atoms with E-state index in [0.717, 1.165) is 17.5 Å². The number of likely N-dealkylation sites (N-methyl/N-ethyl adjacent to an activating group) is 1. The third kappa shape index (κ3) is 5.13. The Kier molecular flexibility index (Phi) is 6.04. The molecule has 0 spiro atoms. The minimum absolute atomic E-state index is 0.0528. The lowest BCUT2D eigenvalue weighted by Crippen LogP contribution is -2.54. The van der Waals surface area contributed by atoms with Gasteiger partial charge in [0.15, 0.2) is 6.17 Å². The molecule has 2 aromatic carbocycles. The van der Waals surface area contributed by atoms with Crippen molar-refractivity contribution in [3.05, 3.63) is 59.7 Å². The molecule has 1 atom stereocenters. The zero-order valence-corrected chi connectivity index (χ0v) is 17.1. The molecule has 3 rings (SSSR count). The lowest BCUT2D eigenvalue weighted by Gasteiger charge is -2.22. The van der Waals surface area contributed by atoms with Crippen LogP contribution in [0.2, 0.25) is 0 Å². The van der Waals surface area contributed by atoms with Crippen molar-refractivity contribution in [1.29, 1.82) is 0 Å². The van der Waals surface area contributed by atoms with Crippen LogP contribution in [-0.2, 0) is 21.4 Å². The zero-order valence-electron chi connectivity index (χ0n) is 16.3. The maximum absolute atomic E-state index is 12.7. The SMILES string of the molecule is CN1C(=O)C(NC(=O)Nc2cccc(C(=O)NS(C)(=O)=O)c2)NCc2ccccc21. The van der Waals surface area contributed by atoms with Crippen LogP contribution in [0.4, 0.5) is 16.2 Å². The highest BCUT2D eigenvalue weighted by Crippen LogP contribution is 2.22. The van der Waals surface area contributed by atoms with E-state index in [4.69, 9.17) is 0 Å². The van der Waals surface area contributed by atoms with E-state index in [2.05, 4.69) is 16.0 Å². The fourth-order valence-electron chi connectivity index (χ4n) is 2.98. The summed E-state index contributed by atoms with van der Waals surface area (Å²) >= 11 is 0. The number of fused-ring (bicyclic) bond motifs is 1. The number of carbonyl (C=O) groups excluding carboxylic acids is 3. The highest BCUT2D eigenvalue weighted by atomic mass is 32.2. The van der Waals surface area contributed by atoms with Crippen molar-refractivity contribution < 1.29 is 22.8 Å². The molecule has 0 saturated carbocycles. The van der Waals surface area contributed by atoms with Crippen LogP contribution in [0.3, 0.4) is 0 Å². The van der Waals surface area contributed by atoms with Gasteiger partial charge in [-0.05, 0) is 29.8 Å². The number of amides is 4. The summed E-state index contributed by atoms with van der Waals surface area (Å²) in [4.78, 5) is 38.5. The van der Waals surface area contributed by atoms with E-state index in [0.29, 0.717) is 6.54 Å². The molecule has 0 bridgehead atoms. The number of nitrogens with one attached hydrogen (secondary N) is 4. The van der Waals surface area contributed by atoms with Crippen LogP contribution in [0.25, 0.3) is 0 Å². The minimum Gasteiger partial charge on any atom is -0.314 e. The average Bonchev–Trinajstić information content (AvgIpc) is 2.79. The molecule has 0 saturated heterocycles. The van der Waals surface area contributed by atoms with Gasteiger partial charge in [-0.3, -0.25) is 14.9 Å². The summed E-state index contributed by atoms with van der Waals surface area (Å²) in [7, 11) is -2.08. The predicted molar refractivity (Wildman–Crippen MR) is 111 cm³/mol. The van der Waals surface area contributed by atoms with Gasteiger partial charge < -0.3 is 15.5 Å². The first kappa shape index (κ1) is 21.3. The number of urea groups is 1. The highest BCUT2D eigenvalue weighted by molar-refractivity contribution is 7.89. The molecule has 0 aromatic heterocycles. The van der Waals surface area contributed by atoms with E-state index >= 15 is 0 Å². The molecule has 10 nitrogen and oxygen atoms in total. The lowest BCUT2D eigenvalue weighted by molar-refractivity contribution is -0.120. The summed E-state index contributed by atoms with van der Waals surface area (Å²) in [5.74, 6) is -1.15. The first-order valence-electron chi connectivity index (χ1n) is 8.92. The molecule has 1 unspecified atom stereocenters. The largest absolute Gasteiger partial charge is 0.320 e. The Morgan fingerprint density at radius 3 is 2.60 bits per heavy atom. The topological polar surface area (TPSA) is 137 Å². The van der Waals surface area contributed by atoms with Gasteiger partial charge in [0.1, 0.15) is 0 Å². The molecular formula is C19H21N5O5S. The number of anilines is 2. The van der Waals surface area contributed by atoms with Crippen molar-refractivity contribution in [1.82, 2.24) is 15.4 Å². The Morgan fingerprint density at radius 1 is 1.13 bits per heavy atom. The second-order valence-electron chi connectivity index (χ2n) is 6.72. The Balaban J connectivity index is 1.67. The second kappa shape index (κ2) is 8.51. The van der Waals surface area contributed by atoms with Crippen molar-refractivity contribution >= 4 is 39.2 Å². The van der Waals surface area contributed by atoms with Crippen LogP contribution in [0.5, 0.6) is 0 Å². The Morgan fingerprint density at radius 2 is 1.87 bits per heavy atom. The van der Waals surface area contributed by atoms with Gasteiger partial charge in [0.2, 0.25) is 10.0 Å². The van der Waals surface area contributed by atoms with Gasteiger partial charge in [0.05, 0.1) is 6.26 Å². The van der Waals surface area contributed by atoms with Gasteiger partial charge in [-0.2, -0.15) is 0 Å². The minimum atomic E-state index is -3.71. The van der Waals surface area contributed by atoms with Gasteiger partial charge in [-0.1, -0.05) is 24.3 Å². The zero-order chi connectivity index (χ0) is 21.9. The normalized spacial score (nSPS) is 16.3. The molecule has 30 heavy (non-hydrogen) atoms. The fourth-order valence-corrected chi connectivity index (χ4v) is 3.43. The van der Waals surface area contributed by atoms with E-state index < -0.39 is 28.1 Å². The van der Waals surface area contributed by atoms with Crippen LogP contribution in [0.1, 0.15) is 15.9 Å². The summed E-state index contributed by atoms with van der Waals surface area (Å²) in [5, 5.41) is 8.09. The maximum atomic E-state index is 12.7. The number of nitrogens with zero attached hydrogens (tertiary/aromatic N) is 1. The summed E-state index contributed by atoms with van der Waals surface area (Å²) in [5.41, 5.74) is 1.98. The summed E-state index contributed by atoms with van der Waals surface area (Å²) in [6.45, 7) is 0.387. The van der Waals surface area contributed by atoms with E-state index in [1.807, 2.05) is 29.0 Å². The van der Waals surface area contributed by atoms with Crippen molar-refractivity contribution in [2.45, 2.75) is 12.7 Å². The number of hydrogen-bond acceptors (Lipinski definition) is 6. The molecule has 158 valence electrons. The van der Waals surface area contributed by atoms with Crippen molar-refractivity contribution in [3.8, 4) is 0 Å². The number of benzene rings is 2. The van der Waals surface area contributed by atoms with Crippen molar-refractivity contribution in [2.75, 3.05) is 23.5 Å². The smallest absolute Gasteiger partial charge is 0.314 e. The van der Waals surface area contributed by atoms with Gasteiger partial charge in [-0.15, -0.1) is 0 Å². The third-order valence-electron chi connectivity index (χ3n) is 4.36. The Hall–Kier alpha value is -3.44. The van der Waals surface area contributed by atoms with Crippen LogP contribution in [0.15, 0.2) is 48.5 Å². The van der Waals surface area contributed by atoms with E-state index in [9.17, 15) is 22.8 Å². The van der Waals surface area contributed by atoms with Gasteiger partial charge in [0.25, 0.3) is 11.8 Å². The average molecular weight is 431 g/mol. The number of para-hydroxylation sites is 1. The lowest BCUT2D eigenvalue weighted by atomic mass is 10.1. The van der Waals surface area contributed by atoms with Gasteiger partial charge >= 0.3 is 6.03 Å². The van der Waals surface area contributed by atoms with Crippen LogP contribution >= 0.6 is 0 Å². The monoisotopic (exact) mass is 431 g/mol. The summed E-state index contributed by atoms with van der Waals surface area (Å²) in [6, 6.07) is 12.5. The van der Waals surface area contributed by atoms with Crippen molar-refractivity contribution in [2.24, 2.45) is 0 Å². The third-order valence-corrected chi connectivity index (χ3v) is 4.92. The molecule has 0 aliphatic carbocycles. The van der Waals surface area contributed by atoms with Crippen LogP contribution < -0.4 is 25.6 Å². The van der Waals surface area contributed by atoms with E-state index in [-0.39, 0.29) is 17.2 Å². The Bertz CT molecular complexity index is 1100. The first-order valence-corrected chi connectivity index (χ1v) is 10.8. The summed E-state index contributed by atoms with van der Waals surface area (Å²) in [6.07, 6.45) is -0.0916. The molecule has 0 radical (unpaired) electrons. The van der Waals surface area contributed by atoms with E-state index in [1.54, 1.807) is 7.05 Å². The predicted octanol–water partition coefficient (Wildman–Crippen LogP) is 0.590. The molecule has 11 heteroatoms. The molecule has 4 N–H and O–H groups in total. The van der Waals surface area contributed by atoms with Crippen LogP contribution in [0, 0.1) is 0 Å². The second-order valence-corrected chi connectivity index (χ2v) is 8.47. The highest BCUT2D eigenvalue weighted by Gasteiger charge is 2.28. The number of sulfonamides is 1. The van der Waals surface area contributed by atoms with Crippen molar-refractivity contribution in [3.63, 3.8) is 0 Å². The number of carbonyl (C=O) groups is 3. The quantitative estimate of drug-likeness (QED) is 0.559. The van der Waals surface area contributed by atoms with E-state index in [1.165, 1.54) is 29.2 Å². The molecule has 1 heterocycles. The number of hydrogen-bond donors (Lipinski definition) is 4. The van der Waals surface area contributed by atoms with Gasteiger partial charge in [-0.25, -0.2) is 17.9 Å². The molecule has 2 aromatic rings. The Labute approximate surface area is 173 Å². The van der Waals surface area contributed by atoms with Gasteiger partial charge in [0, 0.05) is 30.5 Å². The molecular weight excluding hydrogens is 410 g/mol. The fraction of sp³-hybridized carbons (Fsp3) is 0.211. The maximum Gasteiger partial charge on any atom is 0.320 e. The molecule has 1 aliphatic rings. The molecule has 1 aliphatic heterocycles.